The highest BCUT2D eigenvalue weighted by atomic mass is 16.8. The average molecular weight is 1020 g/mol. The topological polar surface area (TPSA) is 164 Å². The van der Waals surface area contributed by atoms with Gasteiger partial charge in [-0.1, -0.05) is 176 Å². The van der Waals surface area contributed by atoms with E-state index < -0.39 is 85.9 Å². The predicted molar refractivity (Wildman–Crippen MR) is 274 cm³/mol. The second-order valence-electron chi connectivity index (χ2n) is 17.9. The molecule has 2 saturated heterocycles. The van der Waals surface area contributed by atoms with E-state index in [-0.39, 0.29) is 44.2 Å². The molecule has 0 unspecified atom stereocenters. The minimum atomic E-state index is -1.81. The maximum Gasteiger partial charge on any atom is 0.338 e. The number of carbonyl (C=O) groups is 3. The molecule has 2 heterocycles. The van der Waals surface area contributed by atoms with Crippen LogP contribution in [-0.2, 0) is 73.8 Å². The Morgan fingerprint density at radius 3 is 1.08 bits per heavy atom. The molecule has 0 bridgehead atoms. The fourth-order valence-corrected chi connectivity index (χ4v) is 8.82. The van der Waals surface area contributed by atoms with Gasteiger partial charge in [-0.3, -0.25) is 0 Å². The molecule has 1 N–H and O–H groups in total. The molecule has 2 aliphatic heterocycles. The number of benzene rings is 7. The Morgan fingerprint density at radius 1 is 0.360 bits per heavy atom. The Hall–Kier alpha value is -7.37. The summed E-state index contributed by atoms with van der Waals surface area (Å²) in [5, 5.41) is 11.9. The molecule has 7 aromatic carbocycles. The third kappa shape index (κ3) is 14.5. The second kappa shape index (κ2) is 26.7. The van der Waals surface area contributed by atoms with Crippen LogP contribution in [0.15, 0.2) is 212 Å². The molecule has 10 atom stereocenters. The lowest BCUT2D eigenvalue weighted by molar-refractivity contribution is -0.369. The Morgan fingerprint density at radius 2 is 0.680 bits per heavy atom. The molecule has 0 spiro atoms. The summed E-state index contributed by atoms with van der Waals surface area (Å²) in [5.41, 5.74) is 4.10. The Kier molecular flexibility index (Phi) is 18.7. The van der Waals surface area contributed by atoms with Crippen molar-refractivity contribution < 1.29 is 66.9 Å². The van der Waals surface area contributed by atoms with Crippen LogP contribution in [0.4, 0.5) is 0 Å². The Balaban J connectivity index is 1.13. The van der Waals surface area contributed by atoms with Crippen LogP contribution in [0.25, 0.3) is 0 Å². The number of hydrogen-bond donors (Lipinski definition) is 1. The highest BCUT2D eigenvalue weighted by Crippen LogP contribution is 2.36. The lowest BCUT2D eigenvalue weighted by atomic mass is 9.95. The summed E-state index contributed by atoms with van der Waals surface area (Å²) in [7, 11) is 0. The van der Waals surface area contributed by atoms with Gasteiger partial charge < -0.3 is 52.5 Å². The first-order valence-electron chi connectivity index (χ1n) is 24.8. The molecule has 2 fully saturated rings. The molecule has 14 nitrogen and oxygen atoms in total. The lowest BCUT2D eigenvalue weighted by Crippen LogP contribution is -2.66. The number of aliphatic hydroxyl groups is 1. The van der Waals surface area contributed by atoms with E-state index >= 15 is 0 Å². The quantitative estimate of drug-likeness (QED) is 0.0505. The molecule has 75 heavy (non-hydrogen) atoms. The molecule has 0 aromatic heterocycles. The van der Waals surface area contributed by atoms with Gasteiger partial charge in [0.05, 0.1) is 43.1 Å². The third-order valence-electron chi connectivity index (χ3n) is 12.7. The fourth-order valence-electron chi connectivity index (χ4n) is 8.82. The number of carbonyl (C=O) groups excluding carboxylic acids is 3. The van der Waals surface area contributed by atoms with Gasteiger partial charge in [-0.2, -0.15) is 0 Å². The molecule has 0 saturated carbocycles. The zero-order chi connectivity index (χ0) is 51.6. The normalized spacial score (nSPS) is 23.4. The summed E-state index contributed by atoms with van der Waals surface area (Å²) in [6.07, 6.45) is -12.9. The first kappa shape index (κ1) is 52.5. The van der Waals surface area contributed by atoms with Crippen molar-refractivity contribution in [3.05, 3.63) is 251 Å². The van der Waals surface area contributed by atoms with E-state index in [0.29, 0.717) is 5.56 Å². The molecule has 0 amide bonds. The number of rotatable bonds is 22. The summed E-state index contributed by atoms with van der Waals surface area (Å²) in [4.78, 5) is 41.2. The first-order valence-corrected chi connectivity index (χ1v) is 24.8. The minimum Gasteiger partial charge on any atom is -0.459 e. The van der Waals surface area contributed by atoms with Crippen molar-refractivity contribution >= 4 is 17.9 Å². The van der Waals surface area contributed by atoms with Gasteiger partial charge in [-0.15, -0.1) is 0 Å². The minimum absolute atomic E-state index is 0.0380. The third-order valence-corrected chi connectivity index (χ3v) is 12.7. The number of ether oxygens (including phenoxy) is 10. The van der Waals surface area contributed by atoms with Crippen LogP contribution in [-0.4, -0.2) is 97.6 Å². The highest BCUT2D eigenvalue weighted by Gasteiger charge is 2.55. The summed E-state index contributed by atoms with van der Waals surface area (Å²) < 4.78 is 65.9. The molecule has 386 valence electrons. The maximum absolute atomic E-state index is 13.9. The molecule has 9 rings (SSSR count). The van der Waals surface area contributed by atoms with Gasteiger partial charge >= 0.3 is 17.9 Å². The zero-order valence-electron chi connectivity index (χ0n) is 41.0. The molecule has 0 aliphatic carbocycles. The van der Waals surface area contributed by atoms with Crippen LogP contribution in [0.2, 0.25) is 0 Å². The van der Waals surface area contributed by atoms with Gasteiger partial charge in [0.2, 0.25) is 0 Å². The van der Waals surface area contributed by atoms with E-state index in [1.54, 1.807) is 91.0 Å². The monoisotopic (exact) mass is 1010 g/mol. The van der Waals surface area contributed by atoms with Crippen LogP contribution in [0.1, 0.15) is 53.3 Å². The van der Waals surface area contributed by atoms with Crippen LogP contribution in [0, 0.1) is 0 Å². The summed E-state index contributed by atoms with van der Waals surface area (Å²) >= 11 is 0. The van der Waals surface area contributed by atoms with Crippen molar-refractivity contribution in [2.24, 2.45) is 0 Å². The molecule has 14 heteroatoms. The van der Waals surface area contributed by atoms with E-state index in [2.05, 4.69) is 0 Å². The van der Waals surface area contributed by atoms with Crippen molar-refractivity contribution in [2.45, 2.75) is 87.8 Å². The van der Waals surface area contributed by atoms with Crippen LogP contribution >= 0.6 is 0 Å². The van der Waals surface area contributed by atoms with E-state index in [1.807, 2.05) is 121 Å². The van der Waals surface area contributed by atoms with E-state index in [9.17, 15) is 19.5 Å². The van der Waals surface area contributed by atoms with Gasteiger partial charge in [-0.25, -0.2) is 14.4 Å². The summed E-state index contributed by atoms with van der Waals surface area (Å²) in [6.45, 7) is -0.550. The summed E-state index contributed by atoms with van der Waals surface area (Å²) in [5.74, 6) is -2.04. The molecular formula is C61H58O14. The van der Waals surface area contributed by atoms with Gasteiger partial charge in [0.25, 0.3) is 0 Å². The largest absolute Gasteiger partial charge is 0.459 e. The van der Waals surface area contributed by atoms with Gasteiger partial charge in [0, 0.05) is 0 Å². The van der Waals surface area contributed by atoms with Crippen molar-refractivity contribution in [2.75, 3.05) is 13.2 Å². The highest BCUT2D eigenvalue weighted by molar-refractivity contribution is 5.90. The fraction of sp³-hybridized carbons (Fsp3) is 0.262. The smallest absolute Gasteiger partial charge is 0.338 e. The maximum atomic E-state index is 13.9. The Bertz CT molecular complexity index is 2810. The molecule has 2 aliphatic rings. The van der Waals surface area contributed by atoms with Crippen molar-refractivity contribution in [3.8, 4) is 0 Å². The van der Waals surface area contributed by atoms with E-state index in [1.165, 1.54) is 0 Å². The molecule has 0 radical (unpaired) electrons. The SMILES string of the molecule is O=C(OC[C@H]1O[C@H](O[C@H]2[C@H](OCc3ccccc3)[C@H](OC(=O)c3ccccc3)[C@@H](O)O[C@@H]2COC(=O)c2ccccc2)[C@@H](OCc2ccccc2)[C@@H](OCc2ccccc2)[C@@H]1OCc1ccccc1)c1ccccc1. The number of hydrogen-bond acceptors (Lipinski definition) is 14. The molecular weight excluding hydrogens is 957 g/mol. The number of aliphatic hydroxyl groups excluding tert-OH is 1. The van der Waals surface area contributed by atoms with Gasteiger partial charge in [-0.05, 0) is 58.7 Å². The average Bonchev–Trinajstić information content (AvgIpc) is 3.47. The van der Waals surface area contributed by atoms with Crippen LogP contribution in [0.3, 0.4) is 0 Å². The van der Waals surface area contributed by atoms with Gasteiger partial charge in [0.1, 0.15) is 55.9 Å². The second-order valence-corrected chi connectivity index (χ2v) is 17.9. The lowest BCUT2D eigenvalue weighted by Gasteiger charge is -2.49. The first-order chi connectivity index (χ1) is 36.9. The van der Waals surface area contributed by atoms with Crippen molar-refractivity contribution in [1.29, 1.82) is 0 Å². The zero-order valence-corrected chi connectivity index (χ0v) is 41.0. The van der Waals surface area contributed by atoms with Crippen molar-refractivity contribution in [3.63, 3.8) is 0 Å². The van der Waals surface area contributed by atoms with Crippen LogP contribution < -0.4 is 0 Å². The van der Waals surface area contributed by atoms with Gasteiger partial charge in [0.15, 0.2) is 18.7 Å². The number of esters is 3. The van der Waals surface area contributed by atoms with Crippen molar-refractivity contribution in [1.82, 2.24) is 0 Å². The van der Waals surface area contributed by atoms with E-state index in [4.69, 9.17) is 47.4 Å². The standard InChI is InChI=1S/C61H58O14/c62-57(46-30-16-5-17-31-46)70-40-49-51(66-36-42-22-8-1-9-23-42)53(67-37-43-24-10-2-11-25-43)56(69-39-45-28-14-4-15-29-45)61(73-49)75-52-50(41-71-58(63)47-32-18-6-19-33-47)72-60(65)55(74-59(64)48-34-20-7-21-35-48)54(52)68-38-44-26-12-3-13-27-44/h1-35,49-56,60-61,65H,36-41H2/t49-,50-,51-,52-,53+,54+,55+,56+,60+,61-/m1/s1. The van der Waals surface area contributed by atoms with E-state index in [0.717, 1.165) is 22.3 Å². The van der Waals surface area contributed by atoms with Crippen LogP contribution in [0.5, 0.6) is 0 Å². The Labute approximate surface area is 435 Å². The molecule has 7 aromatic rings. The summed E-state index contributed by atoms with van der Waals surface area (Å²) in [6, 6.07) is 63.3. The predicted octanol–water partition coefficient (Wildman–Crippen LogP) is 9.09.